The lowest BCUT2D eigenvalue weighted by molar-refractivity contribution is -0.115. The Morgan fingerprint density at radius 1 is 1.37 bits per heavy atom. The third-order valence-electron chi connectivity index (χ3n) is 4.45. The standard InChI is InChI=1S/C19H23FN4O2S/c1-13-5-4-8-24(10-13)11-14-12-27-19(22-14)23-17(25)9-21-18(26)15-6-2-3-7-16(15)20/h2-3,6-7,12-13H,4-5,8-11H2,1H3,(H,21,26)(H,22,23,25)/t13-/m0/s1. The Morgan fingerprint density at radius 2 is 2.19 bits per heavy atom. The van der Waals surface area contributed by atoms with Crippen LogP contribution >= 0.6 is 11.3 Å². The molecule has 27 heavy (non-hydrogen) atoms. The van der Waals surface area contributed by atoms with Gasteiger partial charge in [0, 0.05) is 18.5 Å². The number of rotatable bonds is 6. The number of aromatic nitrogens is 1. The van der Waals surface area contributed by atoms with Crippen LogP contribution in [0.1, 0.15) is 35.8 Å². The van der Waals surface area contributed by atoms with Gasteiger partial charge in [-0.2, -0.15) is 0 Å². The number of nitrogens with zero attached hydrogens (tertiary/aromatic N) is 2. The van der Waals surface area contributed by atoms with Crippen LogP contribution in [0.2, 0.25) is 0 Å². The van der Waals surface area contributed by atoms with Gasteiger partial charge < -0.3 is 10.6 Å². The van der Waals surface area contributed by atoms with E-state index in [9.17, 15) is 14.0 Å². The van der Waals surface area contributed by atoms with Crippen molar-refractivity contribution >= 4 is 28.3 Å². The first-order valence-corrected chi connectivity index (χ1v) is 9.88. The number of carbonyl (C=O) groups excluding carboxylic acids is 2. The molecule has 6 nitrogen and oxygen atoms in total. The van der Waals surface area contributed by atoms with Gasteiger partial charge in [0.05, 0.1) is 17.8 Å². The molecule has 2 amide bonds. The van der Waals surface area contributed by atoms with E-state index in [1.165, 1.54) is 42.4 Å². The van der Waals surface area contributed by atoms with E-state index in [2.05, 4.69) is 27.4 Å². The van der Waals surface area contributed by atoms with Gasteiger partial charge in [-0.1, -0.05) is 19.1 Å². The Bertz CT molecular complexity index is 811. The summed E-state index contributed by atoms with van der Waals surface area (Å²) in [6.45, 7) is 4.94. The minimum Gasteiger partial charge on any atom is -0.343 e. The molecule has 1 aliphatic heterocycles. The molecule has 2 aromatic rings. The number of carbonyl (C=O) groups is 2. The van der Waals surface area contributed by atoms with Crippen molar-refractivity contribution < 1.29 is 14.0 Å². The van der Waals surface area contributed by atoms with Crippen LogP contribution in [0.15, 0.2) is 29.6 Å². The molecule has 0 unspecified atom stereocenters. The molecule has 1 atom stereocenters. The first-order chi connectivity index (χ1) is 13.0. The average molecular weight is 390 g/mol. The third kappa shape index (κ3) is 5.58. The Balaban J connectivity index is 1.46. The van der Waals surface area contributed by atoms with Gasteiger partial charge in [0.2, 0.25) is 5.91 Å². The van der Waals surface area contributed by atoms with Crippen molar-refractivity contribution in [3.63, 3.8) is 0 Å². The van der Waals surface area contributed by atoms with Crippen molar-refractivity contribution in [2.45, 2.75) is 26.3 Å². The highest BCUT2D eigenvalue weighted by Crippen LogP contribution is 2.20. The van der Waals surface area contributed by atoms with Crippen molar-refractivity contribution in [3.8, 4) is 0 Å². The fraction of sp³-hybridized carbons (Fsp3) is 0.421. The Labute approximate surface area is 161 Å². The maximum absolute atomic E-state index is 13.6. The van der Waals surface area contributed by atoms with Crippen molar-refractivity contribution in [3.05, 3.63) is 46.7 Å². The van der Waals surface area contributed by atoms with Crippen molar-refractivity contribution in [2.24, 2.45) is 5.92 Å². The number of hydrogen-bond acceptors (Lipinski definition) is 5. The smallest absolute Gasteiger partial charge is 0.254 e. The molecule has 0 bridgehead atoms. The lowest BCUT2D eigenvalue weighted by atomic mass is 10.0. The molecular formula is C19H23FN4O2S. The summed E-state index contributed by atoms with van der Waals surface area (Å²) in [7, 11) is 0. The quantitative estimate of drug-likeness (QED) is 0.795. The summed E-state index contributed by atoms with van der Waals surface area (Å²) in [6.07, 6.45) is 2.48. The average Bonchev–Trinajstić information content (AvgIpc) is 3.07. The lowest BCUT2D eigenvalue weighted by Crippen LogP contribution is -2.34. The monoisotopic (exact) mass is 390 g/mol. The fourth-order valence-electron chi connectivity index (χ4n) is 3.16. The molecule has 1 saturated heterocycles. The zero-order valence-electron chi connectivity index (χ0n) is 15.2. The van der Waals surface area contributed by atoms with Crippen LogP contribution in [0.3, 0.4) is 0 Å². The minimum atomic E-state index is -0.623. The topological polar surface area (TPSA) is 74.3 Å². The molecule has 1 aliphatic rings. The van der Waals surface area contributed by atoms with E-state index in [1.54, 1.807) is 6.07 Å². The Hall–Kier alpha value is -2.32. The number of thiazole rings is 1. The highest BCUT2D eigenvalue weighted by molar-refractivity contribution is 7.13. The number of halogens is 1. The molecule has 2 N–H and O–H groups in total. The highest BCUT2D eigenvalue weighted by Gasteiger charge is 2.18. The summed E-state index contributed by atoms with van der Waals surface area (Å²) in [6, 6.07) is 5.65. The third-order valence-corrected chi connectivity index (χ3v) is 5.26. The molecule has 8 heteroatoms. The summed E-state index contributed by atoms with van der Waals surface area (Å²) in [4.78, 5) is 30.8. The Morgan fingerprint density at radius 3 is 2.96 bits per heavy atom. The molecule has 3 rings (SSSR count). The van der Waals surface area contributed by atoms with Crippen LogP contribution in [0.4, 0.5) is 9.52 Å². The molecule has 0 spiro atoms. The van der Waals surface area contributed by atoms with Gasteiger partial charge in [-0.25, -0.2) is 9.37 Å². The first kappa shape index (κ1) is 19.4. The van der Waals surface area contributed by atoms with Gasteiger partial charge >= 0.3 is 0 Å². The van der Waals surface area contributed by atoms with Crippen LogP contribution in [-0.2, 0) is 11.3 Å². The number of piperidine rings is 1. The first-order valence-electron chi connectivity index (χ1n) is 9.00. The van der Waals surface area contributed by atoms with Gasteiger partial charge in [-0.05, 0) is 37.4 Å². The second kappa shape index (κ2) is 9.05. The SMILES string of the molecule is C[C@H]1CCCN(Cc2csc(NC(=O)CNC(=O)c3ccccc3F)n2)C1. The van der Waals surface area contributed by atoms with Crippen molar-refractivity contribution in [2.75, 3.05) is 25.0 Å². The summed E-state index contributed by atoms with van der Waals surface area (Å²) >= 11 is 1.36. The molecule has 1 fully saturated rings. The van der Waals surface area contributed by atoms with Crippen molar-refractivity contribution in [1.82, 2.24) is 15.2 Å². The predicted molar refractivity (Wildman–Crippen MR) is 103 cm³/mol. The maximum Gasteiger partial charge on any atom is 0.254 e. The predicted octanol–water partition coefficient (Wildman–Crippen LogP) is 2.88. The molecule has 0 aliphatic carbocycles. The van der Waals surface area contributed by atoms with Gasteiger partial charge in [0.15, 0.2) is 5.13 Å². The Kier molecular flexibility index (Phi) is 6.52. The second-order valence-corrected chi connectivity index (χ2v) is 7.70. The number of anilines is 1. The zero-order valence-corrected chi connectivity index (χ0v) is 16.0. The van der Waals surface area contributed by atoms with Crippen molar-refractivity contribution in [1.29, 1.82) is 0 Å². The molecule has 1 aromatic heterocycles. The number of likely N-dealkylation sites (tertiary alicyclic amines) is 1. The van der Waals surface area contributed by atoms with Crippen LogP contribution in [-0.4, -0.2) is 41.3 Å². The second-order valence-electron chi connectivity index (χ2n) is 6.84. The molecule has 0 saturated carbocycles. The molecule has 144 valence electrons. The molecule has 1 aromatic carbocycles. The van der Waals surface area contributed by atoms with E-state index in [4.69, 9.17) is 0 Å². The lowest BCUT2D eigenvalue weighted by Gasteiger charge is -2.30. The zero-order chi connectivity index (χ0) is 19.2. The van der Waals surface area contributed by atoms with Gasteiger partial charge in [0.25, 0.3) is 5.91 Å². The normalized spacial score (nSPS) is 17.5. The van der Waals surface area contributed by atoms with E-state index in [0.717, 1.165) is 25.3 Å². The minimum absolute atomic E-state index is 0.0856. The van der Waals surface area contributed by atoms with E-state index >= 15 is 0 Å². The van der Waals surface area contributed by atoms with Gasteiger partial charge in [-0.15, -0.1) is 11.3 Å². The van der Waals surface area contributed by atoms with Gasteiger partial charge in [0.1, 0.15) is 5.82 Å². The number of benzene rings is 1. The summed E-state index contributed by atoms with van der Waals surface area (Å²) < 4.78 is 13.6. The summed E-state index contributed by atoms with van der Waals surface area (Å²) in [5.74, 6) is -0.934. The van der Waals surface area contributed by atoms with E-state index in [1.807, 2.05) is 5.38 Å². The van der Waals surface area contributed by atoms with E-state index < -0.39 is 17.6 Å². The summed E-state index contributed by atoms with van der Waals surface area (Å²) in [5, 5.41) is 7.52. The van der Waals surface area contributed by atoms with Gasteiger partial charge in [-0.3, -0.25) is 14.5 Å². The van der Waals surface area contributed by atoms with Crippen LogP contribution in [0.5, 0.6) is 0 Å². The van der Waals surface area contributed by atoms with Crippen LogP contribution in [0, 0.1) is 11.7 Å². The largest absolute Gasteiger partial charge is 0.343 e. The molecular weight excluding hydrogens is 367 g/mol. The number of amides is 2. The molecule has 0 radical (unpaired) electrons. The fourth-order valence-corrected chi connectivity index (χ4v) is 3.88. The number of hydrogen-bond donors (Lipinski definition) is 2. The van der Waals surface area contributed by atoms with E-state index in [-0.39, 0.29) is 12.1 Å². The molecule has 2 heterocycles. The summed E-state index contributed by atoms with van der Waals surface area (Å²) in [5.41, 5.74) is 0.845. The van der Waals surface area contributed by atoms with Crippen LogP contribution < -0.4 is 10.6 Å². The number of nitrogens with one attached hydrogen (secondary N) is 2. The van der Waals surface area contributed by atoms with E-state index in [0.29, 0.717) is 11.0 Å². The highest BCUT2D eigenvalue weighted by atomic mass is 32.1. The van der Waals surface area contributed by atoms with Crippen LogP contribution in [0.25, 0.3) is 0 Å². The maximum atomic E-state index is 13.6.